The molecule has 2 aromatic heterocycles. The molecule has 1 atom stereocenters. The molecular weight excluding hydrogens is 276 g/mol. The van der Waals surface area contributed by atoms with Crippen molar-refractivity contribution in [2.75, 3.05) is 7.11 Å². The molecule has 110 valence electrons. The number of rotatable bonds is 5. The molecule has 1 unspecified atom stereocenters. The van der Waals surface area contributed by atoms with E-state index in [2.05, 4.69) is 15.1 Å². The van der Waals surface area contributed by atoms with E-state index in [1.807, 2.05) is 42.5 Å². The third-order valence-corrected chi connectivity index (χ3v) is 3.64. The van der Waals surface area contributed by atoms with Gasteiger partial charge in [0.1, 0.15) is 11.8 Å². The second-order valence-electron chi connectivity index (χ2n) is 4.96. The summed E-state index contributed by atoms with van der Waals surface area (Å²) in [5, 5.41) is 4.79. The second kappa shape index (κ2) is 6.30. The van der Waals surface area contributed by atoms with Gasteiger partial charge in [-0.15, -0.1) is 0 Å². The molecule has 0 saturated carbocycles. The average molecular weight is 292 g/mol. The van der Waals surface area contributed by atoms with Gasteiger partial charge in [-0.25, -0.2) is 5.53 Å². The van der Waals surface area contributed by atoms with E-state index in [0.29, 0.717) is 6.42 Å². The number of nitrogens with one attached hydrogen (secondary N) is 1. The highest BCUT2D eigenvalue weighted by molar-refractivity contribution is 5.83. The number of nitrogens with zero attached hydrogens (tertiary/aromatic N) is 3. The summed E-state index contributed by atoms with van der Waals surface area (Å²) in [5.41, 5.74) is 10.2. The fraction of sp³-hybridized carbons (Fsp3) is 0.176. The van der Waals surface area contributed by atoms with E-state index in [1.54, 1.807) is 19.5 Å². The Morgan fingerprint density at radius 1 is 1.14 bits per heavy atom. The van der Waals surface area contributed by atoms with Gasteiger partial charge in [0, 0.05) is 30.3 Å². The van der Waals surface area contributed by atoms with E-state index < -0.39 is 0 Å². The Morgan fingerprint density at radius 3 is 2.77 bits per heavy atom. The lowest BCUT2D eigenvalue weighted by Gasteiger charge is -2.12. The van der Waals surface area contributed by atoms with Crippen LogP contribution in [0.5, 0.6) is 5.75 Å². The number of ether oxygens (including phenoxy) is 1. The summed E-state index contributed by atoms with van der Waals surface area (Å²) in [6, 6.07) is 13.2. The molecule has 5 heteroatoms. The van der Waals surface area contributed by atoms with Gasteiger partial charge < -0.3 is 4.74 Å². The molecule has 0 amide bonds. The Morgan fingerprint density at radius 2 is 2.05 bits per heavy atom. The van der Waals surface area contributed by atoms with E-state index in [0.717, 1.165) is 27.9 Å². The topological polar surface area (TPSA) is 71.2 Å². The van der Waals surface area contributed by atoms with Crippen LogP contribution in [0.4, 0.5) is 0 Å². The predicted octanol–water partition coefficient (Wildman–Crippen LogP) is 3.95. The van der Waals surface area contributed by atoms with Crippen molar-refractivity contribution in [1.82, 2.24) is 9.97 Å². The van der Waals surface area contributed by atoms with Crippen molar-refractivity contribution in [1.29, 1.82) is 5.53 Å². The van der Waals surface area contributed by atoms with Crippen LogP contribution in [-0.4, -0.2) is 17.1 Å². The van der Waals surface area contributed by atoms with Crippen LogP contribution in [-0.2, 0) is 6.42 Å². The summed E-state index contributed by atoms with van der Waals surface area (Å²) in [5.74, 6) is 0.781. The van der Waals surface area contributed by atoms with Crippen molar-refractivity contribution in [3.63, 3.8) is 0 Å². The number of fused-ring (bicyclic) bond motifs is 1. The third-order valence-electron chi connectivity index (χ3n) is 3.64. The summed E-state index contributed by atoms with van der Waals surface area (Å²) >= 11 is 0. The largest absolute Gasteiger partial charge is 0.497 e. The van der Waals surface area contributed by atoms with Crippen LogP contribution < -0.4 is 4.74 Å². The third kappa shape index (κ3) is 2.79. The molecule has 0 aliphatic rings. The summed E-state index contributed by atoms with van der Waals surface area (Å²) < 4.78 is 5.24. The van der Waals surface area contributed by atoms with Crippen LogP contribution in [0.3, 0.4) is 0 Å². The van der Waals surface area contributed by atoms with E-state index >= 15 is 0 Å². The monoisotopic (exact) mass is 292 g/mol. The van der Waals surface area contributed by atoms with Gasteiger partial charge in [0.2, 0.25) is 0 Å². The number of pyridine rings is 2. The van der Waals surface area contributed by atoms with E-state index in [9.17, 15) is 0 Å². The maximum atomic E-state index is 7.47. The lowest BCUT2D eigenvalue weighted by molar-refractivity contribution is 0.415. The minimum atomic E-state index is -0.283. The van der Waals surface area contributed by atoms with Gasteiger partial charge in [-0.2, -0.15) is 5.11 Å². The molecule has 1 N–H and O–H groups in total. The zero-order valence-corrected chi connectivity index (χ0v) is 12.2. The van der Waals surface area contributed by atoms with Crippen molar-refractivity contribution in [2.24, 2.45) is 5.11 Å². The van der Waals surface area contributed by atoms with Crippen molar-refractivity contribution in [3.8, 4) is 5.75 Å². The molecule has 2 heterocycles. The molecule has 22 heavy (non-hydrogen) atoms. The van der Waals surface area contributed by atoms with Crippen LogP contribution in [0.25, 0.3) is 10.9 Å². The van der Waals surface area contributed by atoms with Gasteiger partial charge in [-0.3, -0.25) is 9.97 Å². The van der Waals surface area contributed by atoms with Crippen LogP contribution in [0.1, 0.15) is 17.3 Å². The zero-order chi connectivity index (χ0) is 15.4. The van der Waals surface area contributed by atoms with Crippen molar-refractivity contribution >= 4 is 10.9 Å². The fourth-order valence-electron chi connectivity index (χ4n) is 2.49. The first kappa shape index (κ1) is 14.1. The molecule has 0 aliphatic carbocycles. The number of hydrogen-bond donors (Lipinski definition) is 1. The van der Waals surface area contributed by atoms with Gasteiger partial charge in [-0.05, 0) is 35.9 Å². The minimum Gasteiger partial charge on any atom is -0.497 e. The van der Waals surface area contributed by atoms with Gasteiger partial charge >= 0.3 is 0 Å². The Balaban J connectivity index is 1.98. The lowest BCUT2D eigenvalue weighted by Crippen LogP contribution is -2.02. The number of benzene rings is 1. The molecule has 0 aliphatic heterocycles. The minimum absolute atomic E-state index is 0.283. The molecule has 0 fully saturated rings. The molecule has 0 spiro atoms. The lowest BCUT2D eigenvalue weighted by atomic mass is 10.00. The van der Waals surface area contributed by atoms with Gasteiger partial charge in [0.15, 0.2) is 0 Å². The summed E-state index contributed by atoms with van der Waals surface area (Å²) in [4.78, 5) is 8.69. The Kier molecular flexibility index (Phi) is 4.05. The predicted molar refractivity (Wildman–Crippen MR) is 84.1 cm³/mol. The molecule has 0 saturated heterocycles. The number of aromatic nitrogens is 2. The smallest absolute Gasteiger partial charge is 0.121 e. The zero-order valence-electron chi connectivity index (χ0n) is 12.2. The van der Waals surface area contributed by atoms with Gasteiger partial charge in [0.25, 0.3) is 0 Å². The quantitative estimate of drug-likeness (QED) is 0.724. The van der Waals surface area contributed by atoms with E-state index in [1.165, 1.54) is 0 Å². The number of methoxy groups -OCH3 is 1. The molecule has 3 aromatic rings. The standard InChI is InChI=1S/C17H16N4O/c1-22-13-5-6-14-12(7-9-20-16(14)11-13)10-17(21-18)15-4-2-3-8-19-15/h2-9,11,17-18H,10H2,1H3. The van der Waals surface area contributed by atoms with Gasteiger partial charge in [-0.1, -0.05) is 6.07 Å². The SMILES string of the molecule is COc1ccc2c(CC(N=N)c3ccccn3)ccnc2c1. The Hall–Kier alpha value is -2.82. The van der Waals surface area contributed by atoms with Crippen molar-refractivity contribution in [3.05, 3.63) is 66.1 Å². The highest BCUT2D eigenvalue weighted by atomic mass is 16.5. The Labute approximate surface area is 128 Å². The Bertz CT molecular complexity index is 789. The summed E-state index contributed by atoms with van der Waals surface area (Å²) in [7, 11) is 1.64. The van der Waals surface area contributed by atoms with Crippen LogP contribution in [0.15, 0.2) is 60.0 Å². The summed E-state index contributed by atoms with van der Waals surface area (Å²) in [6.45, 7) is 0. The first-order valence-electron chi connectivity index (χ1n) is 7.01. The molecule has 0 radical (unpaired) electrons. The highest BCUT2D eigenvalue weighted by Crippen LogP contribution is 2.27. The van der Waals surface area contributed by atoms with Crippen LogP contribution in [0.2, 0.25) is 0 Å². The van der Waals surface area contributed by atoms with Crippen LogP contribution >= 0.6 is 0 Å². The van der Waals surface area contributed by atoms with Crippen LogP contribution in [0, 0.1) is 5.53 Å². The number of hydrogen-bond acceptors (Lipinski definition) is 5. The molecule has 0 bridgehead atoms. The average Bonchev–Trinajstić information content (AvgIpc) is 2.60. The first-order valence-corrected chi connectivity index (χ1v) is 7.01. The fourth-order valence-corrected chi connectivity index (χ4v) is 2.49. The second-order valence-corrected chi connectivity index (χ2v) is 4.96. The molecule has 1 aromatic carbocycles. The molecule has 5 nitrogen and oxygen atoms in total. The van der Waals surface area contributed by atoms with Crippen molar-refractivity contribution in [2.45, 2.75) is 12.5 Å². The van der Waals surface area contributed by atoms with Crippen molar-refractivity contribution < 1.29 is 4.74 Å². The maximum absolute atomic E-state index is 7.47. The first-order chi connectivity index (χ1) is 10.8. The maximum Gasteiger partial charge on any atom is 0.121 e. The van der Waals surface area contributed by atoms with E-state index in [4.69, 9.17) is 10.3 Å². The van der Waals surface area contributed by atoms with E-state index in [-0.39, 0.29) is 6.04 Å². The molecular formula is C17H16N4O. The normalized spacial score (nSPS) is 12.0. The van der Waals surface area contributed by atoms with Gasteiger partial charge in [0.05, 0.1) is 18.3 Å². The highest BCUT2D eigenvalue weighted by Gasteiger charge is 2.14. The summed E-state index contributed by atoms with van der Waals surface area (Å²) in [6.07, 6.45) is 4.12. The molecule has 3 rings (SSSR count).